The van der Waals surface area contributed by atoms with Gasteiger partial charge in [0.25, 0.3) is 0 Å². The average Bonchev–Trinajstić information content (AvgIpc) is 3.38. The summed E-state index contributed by atoms with van der Waals surface area (Å²) in [5, 5.41) is 6.87. The van der Waals surface area contributed by atoms with Crippen LogP contribution in [0.2, 0.25) is 0 Å². The van der Waals surface area contributed by atoms with E-state index >= 15 is 0 Å². The first-order chi connectivity index (χ1) is 16.5. The molecule has 0 bridgehead atoms. The zero-order valence-corrected chi connectivity index (χ0v) is 19.4. The van der Waals surface area contributed by atoms with Gasteiger partial charge in [0.2, 0.25) is 23.5 Å². The number of nitrogens with one attached hydrogen (secondary N) is 1. The van der Waals surface area contributed by atoms with Gasteiger partial charge in [-0.15, -0.1) is 0 Å². The second-order valence-electron chi connectivity index (χ2n) is 8.33. The van der Waals surface area contributed by atoms with Crippen molar-refractivity contribution in [1.29, 1.82) is 0 Å². The van der Waals surface area contributed by atoms with Gasteiger partial charge in [-0.2, -0.15) is 4.98 Å². The summed E-state index contributed by atoms with van der Waals surface area (Å²) in [5.74, 6) is 0.757. The minimum Gasteiger partial charge on any atom is -0.341 e. The van der Waals surface area contributed by atoms with E-state index in [1.54, 1.807) is 17.9 Å². The summed E-state index contributed by atoms with van der Waals surface area (Å²) in [4.78, 5) is 33.6. The summed E-state index contributed by atoms with van der Waals surface area (Å²) in [7, 11) is 0. The Morgan fingerprint density at radius 3 is 2.29 bits per heavy atom. The number of hydrogen-bond donors (Lipinski definition) is 1. The summed E-state index contributed by atoms with van der Waals surface area (Å²) in [6.07, 6.45) is 3.18. The fourth-order valence-electron chi connectivity index (χ4n) is 3.93. The Kier molecular flexibility index (Phi) is 7.49. The molecule has 1 saturated heterocycles. The van der Waals surface area contributed by atoms with Crippen molar-refractivity contribution < 1.29 is 14.1 Å². The maximum Gasteiger partial charge on any atom is 0.244 e. The van der Waals surface area contributed by atoms with Crippen LogP contribution in [0.4, 0.5) is 0 Å². The van der Waals surface area contributed by atoms with Crippen molar-refractivity contribution in [3.8, 4) is 11.4 Å². The molecule has 0 saturated carbocycles. The largest absolute Gasteiger partial charge is 0.341 e. The van der Waals surface area contributed by atoms with Gasteiger partial charge in [0.1, 0.15) is 6.04 Å². The third kappa shape index (κ3) is 5.77. The Morgan fingerprint density at radius 1 is 0.971 bits per heavy atom. The molecule has 1 N–H and O–H groups in total. The molecule has 1 fully saturated rings. The molecule has 2 aromatic carbocycles. The van der Waals surface area contributed by atoms with Crippen LogP contribution >= 0.6 is 0 Å². The number of hydrogen-bond acceptors (Lipinski definition) is 6. The fraction of sp³-hybridized carbons (Fsp3) is 0.308. The quantitative estimate of drug-likeness (QED) is 0.546. The van der Waals surface area contributed by atoms with E-state index in [1.165, 1.54) is 6.08 Å². The predicted octanol–water partition coefficient (Wildman–Crippen LogP) is 3.16. The maximum atomic E-state index is 12.8. The Bertz CT molecular complexity index is 1120. The normalized spacial score (nSPS) is 16.4. The van der Waals surface area contributed by atoms with Gasteiger partial charge in [0.05, 0.1) is 6.04 Å². The SMILES string of the molecule is CC(NC(=O)/C=C/c1ccccc1)C(=O)N1CCN(C(C)c2nc(-c3ccccc3)no2)CC1. The third-order valence-electron chi connectivity index (χ3n) is 5.96. The molecule has 8 nitrogen and oxygen atoms in total. The number of piperazine rings is 1. The number of amides is 2. The molecular weight excluding hydrogens is 430 g/mol. The highest BCUT2D eigenvalue weighted by atomic mass is 16.5. The molecule has 4 rings (SSSR count). The second-order valence-corrected chi connectivity index (χ2v) is 8.33. The predicted molar refractivity (Wildman–Crippen MR) is 129 cm³/mol. The molecular formula is C26H29N5O3. The van der Waals surface area contributed by atoms with Crippen molar-refractivity contribution in [1.82, 2.24) is 25.3 Å². The lowest BCUT2D eigenvalue weighted by Crippen LogP contribution is -2.54. The van der Waals surface area contributed by atoms with Crippen molar-refractivity contribution in [2.45, 2.75) is 25.9 Å². The lowest BCUT2D eigenvalue weighted by Gasteiger charge is -2.37. The molecule has 8 heteroatoms. The van der Waals surface area contributed by atoms with Crippen molar-refractivity contribution >= 4 is 17.9 Å². The van der Waals surface area contributed by atoms with E-state index in [0.29, 0.717) is 37.9 Å². The van der Waals surface area contributed by atoms with Gasteiger partial charge in [-0.1, -0.05) is 65.8 Å². The van der Waals surface area contributed by atoms with Gasteiger partial charge in [-0.05, 0) is 25.5 Å². The van der Waals surface area contributed by atoms with E-state index in [1.807, 2.05) is 67.6 Å². The van der Waals surface area contributed by atoms with Crippen LogP contribution < -0.4 is 5.32 Å². The summed E-state index contributed by atoms with van der Waals surface area (Å²) < 4.78 is 5.51. The molecule has 0 spiro atoms. The van der Waals surface area contributed by atoms with Crippen LogP contribution in [-0.4, -0.2) is 64.0 Å². The lowest BCUT2D eigenvalue weighted by atomic mass is 10.2. The molecule has 176 valence electrons. The maximum absolute atomic E-state index is 12.8. The molecule has 2 amide bonds. The van der Waals surface area contributed by atoms with Crippen molar-refractivity contribution in [2.24, 2.45) is 0 Å². The van der Waals surface area contributed by atoms with Crippen molar-refractivity contribution in [3.05, 3.63) is 78.2 Å². The van der Waals surface area contributed by atoms with Crippen LogP contribution in [0.5, 0.6) is 0 Å². The highest BCUT2D eigenvalue weighted by molar-refractivity contribution is 5.95. The standard InChI is InChI=1S/C26H29N5O3/c1-19(27-23(32)14-13-21-9-5-3-6-10-21)26(33)31-17-15-30(16-18-31)20(2)25-28-24(29-34-25)22-11-7-4-8-12-22/h3-14,19-20H,15-18H2,1-2H3,(H,27,32)/b14-13+. The number of carbonyl (C=O) groups is 2. The molecule has 2 heterocycles. The first-order valence-electron chi connectivity index (χ1n) is 11.5. The van der Waals surface area contributed by atoms with Crippen LogP contribution in [0.25, 0.3) is 17.5 Å². The monoisotopic (exact) mass is 459 g/mol. The van der Waals surface area contributed by atoms with Gasteiger partial charge in [0.15, 0.2) is 0 Å². The zero-order valence-electron chi connectivity index (χ0n) is 19.4. The second kappa shape index (κ2) is 10.9. The van der Waals surface area contributed by atoms with Crippen LogP contribution in [0, 0.1) is 0 Å². The van der Waals surface area contributed by atoms with Gasteiger partial charge in [0, 0.05) is 37.8 Å². The topological polar surface area (TPSA) is 91.6 Å². The zero-order chi connectivity index (χ0) is 23.9. The summed E-state index contributed by atoms with van der Waals surface area (Å²) in [6.45, 7) is 6.26. The molecule has 1 aliphatic rings. The van der Waals surface area contributed by atoms with Gasteiger partial charge in [-0.3, -0.25) is 14.5 Å². The molecule has 2 unspecified atom stereocenters. The number of nitrogens with zero attached hydrogens (tertiary/aromatic N) is 4. The van der Waals surface area contributed by atoms with E-state index in [9.17, 15) is 9.59 Å². The smallest absolute Gasteiger partial charge is 0.244 e. The van der Waals surface area contributed by atoms with E-state index < -0.39 is 6.04 Å². The minimum atomic E-state index is -0.596. The van der Waals surface area contributed by atoms with Crippen LogP contribution in [0.3, 0.4) is 0 Å². The first-order valence-corrected chi connectivity index (χ1v) is 11.5. The molecule has 1 aliphatic heterocycles. The molecule has 3 aromatic rings. The van der Waals surface area contributed by atoms with E-state index in [4.69, 9.17) is 4.52 Å². The van der Waals surface area contributed by atoms with Gasteiger partial charge >= 0.3 is 0 Å². The van der Waals surface area contributed by atoms with Gasteiger partial charge in [-0.25, -0.2) is 0 Å². The molecule has 0 aliphatic carbocycles. The third-order valence-corrected chi connectivity index (χ3v) is 5.96. The summed E-state index contributed by atoms with van der Waals surface area (Å²) in [6, 6.07) is 18.6. The molecule has 0 radical (unpaired) electrons. The number of carbonyl (C=O) groups excluding carboxylic acids is 2. The number of rotatable bonds is 7. The first kappa shape index (κ1) is 23.4. The van der Waals surface area contributed by atoms with E-state index in [2.05, 4.69) is 20.4 Å². The lowest BCUT2D eigenvalue weighted by molar-refractivity contribution is -0.137. The summed E-state index contributed by atoms with van der Waals surface area (Å²) in [5.41, 5.74) is 1.84. The van der Waals surface area contributed by atoms with Crippen molar-refractivity contribution in [2.75, 3.05) is 26.2 Å². The Labute approximate surface area is 199 Å². The minimum absolute atomic E-state index is 0.0533. The highest BCUT2D eigenvalue weighted by Gasteiger charge is 2.29. The number of aromatic nitrogens is 2. The van der Waals surface area contributed by atoms with Crippen LogP contribution in [0.15, 0.2) is 71.3 Å². The van der Waals surface area contributed by atoms with Crippen LogP contribution in [-0.2, 0) is 9.59 Å². The van der Waals surface area contributed by atoms with E-state index in [-0.39, 0.29) is 17.9 Å². The Balaban J connectivity index is 1.26. The highest BCUT2D eigenvalue weighted by Crippen LogP contribution is 2.23. The van der Waals surface area contributed by atoms with Crippen LogP contribution in [0.1, 0.15) is 31.3 Å². The molecule has 1 aromatic heterocycles. The number of benzene rings is 2. The summed E-state index contributed by atoms with van der Waals surface area (Å²) >= 11 is 0. The Hall–Kier alpha value is -3.78. The van der Waals surface area contributed by atoms with Gasteiger partial charge < -0.3 is 14.7 Å². The molecule has 34 heavy (non-hydrogen) atoms. The van der Waals surface area contributed by atoms with E-state index in [0.717, 1.165) is 11.1 Å². The molecule has 2 atom stereocenters. The average molecular weight is 460 g/mol. The van der Waals surface area contributed by atoms with Crippen molar-refractivity contribution in [3.63, 3.8) is 0 Å². The Morgan fingerprint density at radius 2 is 1.62 bits per heavy atom. The fourth-order valence-corrected chi connectivity index (χ4v) is 3.93.